The smallest absolute Gasteiger partial charge is 0.261 e. The van der Waals surface area contributed by atoms with E-state index < -0.39 is 0 Å². The molecule has 2 N–H and O–H groups in total. The van der Waals surface area contributed by atoms with Gasteiger partial charge < -0.3 is 10.4 Å². The third-order valence-corrected chi connectivity index (χ3v) is 3.87. The van der Waals surface area contributed by atoms with Gasteiger partial charge >= 0.3 is 0 Å². The Kier molecular flexibility index (Phi) is 4.96. The maximum absolute atomic E-state index is 11.8. The van der Waals surface area contributed by atoms with Crippen molar-refractivity contribution in [2.24, 2.45) is 5.92 Å². The van der Waals surface area contributed by atoms with Gasteiger partial charge in [-0.3, -0.25) is 4.79 Å². The number of rotatable bonds is 5. The third-order valence-electron chi connectivity index (χ3n) is 2.49. The Morgan fingerprint density at radius 3 is 2.81 bits per heavy atom. The highest BCUT2D eigenvalue weighted by Crippen LogP contribution is 2.22. The normalized spacial score (nSPS) is 12.5. The second kappa shape index (κ2) is 6.01. The Bertz CT molecular complexity index is 360. The molecule has 4 heteroatoms. The SMILES string of the molecule is CCc1sc(C(=O)NCC(C)CO)cc1C. The van der Waals surface area contributed by atoms with Gasteiger partial charge in [0.2, 0.25) is 0 Å². The quantitative estimate of drug-likeness (QED) is 0.828. The van der Waals surface area contributed by atoms with Gasteiger partial charge in [0.15, 0.2) is 0 Å². The number of thiophene rings is 1. The first kappa shape index (κ1) is 13.2. The predicted molar refractivity (Wildman–Crippen MR) is 67.0 cm³/mol. The summed E-state index contributed by atoms with van der Waals surface area (Å²) in [5.74, 6) is 0.0729. The largest absolute Gasteiger partial charge is 0.396 e. The summed E-state index contributed by atoms with van der Waals surface area (Å²) < 4.78 is 0. The van der Waals surface area contributed by atoms with Crippen LogP contribution in [0.2, 0.25) is 0 Å². The van der Waals surface area contributed by atoms with Gasteiger partial charge in [-0.05, 0) is 30.9 Å². The Morgan fingerprint density at radius 1 is 1.62 bits per heavy atom. The average molecular weight is 241 g/mol. The van der Waals surface area contributed by atoms with Crippen LogP contribution in [-0.4, -0.2) is 24.2 Å². The number of aliphatic hydroxyl groups is 1. The zero-order valence-electron chi connectivity index (χ0n) is 10.0. The number of hydrogen-bond donors (Lipinski definition) is 2. The van der Waals surface area contributed by atoms with Crippen LogP contribution < -0.4 is 5.32 Å². The molecule has 16 heavy (non-hydrogen) atoms. The Morgan fingerprint density at radius 2 is 2.31 bits per heavy atom. The molecule has 90 valence electrons. The summed E-state index contributed by atoms with van der Waals surface area (Å²) in [6, 6.07) is 1.93. The second-order valence-electron chi connectivity index (χ2n) is 4.07. The van der Waals surface area contributed by atoms with E-state index in [2.05, 4.69) is 12.2 Å². The molecule has 0 aliphatic rings. The van der Waals surface area contributed by atoms with Crippen molar-refractivity contribution in [2.75, 3.05) is 13.2 Å². The lowest BCUT2D eigenvalue weighted by Crippen LogP contribution is -2.28. The molecule has 0 aromatic carbocycles. The fourth-order valence-electron chi connectivity index (χ4n) is 1.40. The lowest BCUT2D eigenvalue weighted by molar-refractivity contribution is 0.0946. The van der Waals surface area contributed by atoms with E-state index in [1.54, 1.807) is 11.3 Å². The van der Waals surface area contributed by atoms with Crippen LogP contribution in [-0.2, 0) is 6.42 Å². The topological polar surface area (TPSA) is 49.3 Å². The van der Waals surface area contributed by atoms with Gasteiger partial charge in [-0.15, -0.1) is 11.3 Å². The molecule has 1 rings (SSSR count). The van der Waals surface area contributed by atoms with Crippen LogP contribution in [0.5, 0.6) is 0 Å². The van der Waals surface area contributed by atoms with Gasteiger partial charge in [0.1, 0.15) is 0 Å². The lowest BCUT2D eigenvalue weighted by Gasteiger charge is -2.08. The zero-order chi connectivity index (χ0) is 12.1. The molecule has 0 aliphatic carbocycles. The number of carbonyl (C=O) groups is 1. The van der Waals surface area contributed by atoms with Crippen LogP contribution in [0.4, 0.5) is 0 Å². The maximum atomic E-state index is 11.8. The monoisotopic (exact) mass is 241 g/mol. The minimum Gasteiger partial charge on any atom is -0.396 e. The standard InChI is InChI=1S/C12H19NO2S/c1-4-10-9(3)5-11(16-10)12(15)13-6-8(2)7-14/h5,8,14H,4,6-7H2,1-3H3,(H,13,15). The van der Waals surface area contributed by atoms with Crippen molar-refractivity contribution >= 4 is 17.2 Å². The number of nitrogens with one attached hydrogen (secondary N) is 1. The van der Waals surface area contributed by atoms with Gasteiger partial charge in [0.05, 0.1) is 4.88 Å². The summed E-state index contributed by atoms with van der Waals surface area (Å²) in [4.78, 5) is 13.8. The summed E-state index contributed by atoms with van der Waals surface area (Å²) in [7, 11) is 0. The molecule has 1 aromatic rings. The predicted octanol–water partition coefficient (Wildman–Crippen LogP) is 1.98. The number of amides is 1. The maximum Gasteiger partial charge on any atom is 0.261 e. The third kappa shape index (κ3) is 3.32. The zero-order valence-corrected chi connectivity index (χ0v) is 10.9. The molecule has 0 fully saturated rings. The Hall–Kier alpha value is -0.870. The van der Waals surface area contributed by atoms with Gasteiger partial charge in [0, 0.05) is 18.0 Å². The summed E-state index contributed by atoms with van der Waals surface area (Å²) >= 11 is 1.55. The van der Waals surface area contributed by atoms with Gasteiger partial charge in [-0.2, -0.15) is 0 Å². The molecule has 0 saturated carbocycles. The first-order chi connectivity index (χ1) is 7.58. The summed E-state index contributed by atoms with van der Waals surface area (Å²) in [5.41, 5.74) is 1.19. The van der Waals surface area contributed by atoms with Gasteiger partial charge in [-0.25, -0.2) is 0 Å². The number of carbonyl (C=O) groups excluding carboxylic acids is 1. The minimum atomic E-state index is -0.0342. The molecule has 0 radical (unpaired) electrons. The number of aryl methyl sites for hydroxylation is 2. The first-order valence-corrected chi connectivity index (χ1v) is 6.38. The number of aliphatic hydroxyl groups excluding tert-OH is 1. The van der Waals surface area contributed by atoms with E-state index in [4.69, 9.17) is 5.11 Å². The Balaban J connectivity index is 2.59. The minimum absolute atomic E-state index is 0.0342. The molecule has 1 aromatic heterocycles. The van der Waals surface area contributed by atoms with Crippen LogP contribution in [0, 0.1) is 12.8 Å². The highest BCUT2D eigenvalue weighted by molar-refractivity contribution is 7.14. The van der Waals surface area contributed by atoms with E-state index in [1.807, 2.05) is 19.9 Å². The average Bonchev–Trinajstić information content (AvgIpc) is 2.66. The van der Waals surface area contributed by atoms with E-state index in [0.29, 0.717) is 6.54 Å². The van der Waals surface area contributed by atoms with Crippen LogP contribution in [0.15, 0.2) is 6.07 Å². The lowest BCUT2D eigenvalue weighted by atomic mass is 10.2. The fourth-order valence-corrected chi connectivity index (χ4v) is 2.43. The molecule has 1 unspecified atom stereocenters. The molecule has 1 heterocycles. The second-order valence-corrected chi connectivity index (χ2v) is 5.20. The van der Waals surface area contributed by atoms with Crippen LogP contribution >= 0.6 is 11.3 Å². The molecule has 0 bridgehead atoms. The van der Waals surface area contributed by atoms with Crippen molar-refractivity contribution in [3.05, 3.63) is 21.4 Å². The summed E-state index contributed by atoms with van der Waals surface area (Å²) in [6.45, 7) is 6.64. The fraction of sp³-hybridized carbons (Fsp3) is 0.583. The molecule has 0 aliphatic heterocycles. The van der Waals surface area contributed by atoms with Crippen LogP contribution in [0.3, 0.4) is 0 Å². The molecule has 3 nitrogen and oxygen atoms in total. The van der Waals surface area contributed by atoms with E-state index in [-0.39, 0.29) is 18.4 Å². The molecular weight excluding hydrogens is 222 g/mol. The van der Waals surface area contributed by atoms with E-state index >= 15 is 0 Å². The van der Waals surface area contributed by atoms with Crippen molar-refractivity contribution in [3.63, 3.8) is 0 Å². The highest BCUT2D eigenvalue weighted by Gasteiger charge is 2.12. The summed E-state index contributed by atoms with van der Waals surface area (Å²) in [5, 5.41) is 11.7. The van der Waals surface area contributed by atoms with Crippen molar-refractivity contribution in [3.8, 4) is 0 Å². The van der Waals surface area contributed by atoms with Crippen molar-refractivity contribution < 1.29 is 9.90 Å². The Labute approximate surface area is 100 Å². The van der Waals surface area contributed by atoms with Crippen molar-refractivity contribution in [2.45, 2.75) is 27.2 Å². The van der Waals surface area contributed by atoms with E-state index in [0.717, 1.165) is 11.3 Å². The molecule has 0 spiro atoms. The van der Waals surface area contributed by atoms with Crippen LogP contribution in [0.25, 0.3) is 0 Å². The van der Waals surface area contributed by atoms with Gasteiger partial charge in [0.25, 0.3) is 5.91 Å². The molecule has 0 saturated heterocycles. The van der Waals surface area contributed by atoms with Crippen molar-refractivity contribution in [1.29, 1.82) is 0 Å². The van der Waals surface area contributed by atoms with E-state index in [9.17, 15) is 4.79 Å². The first-order valence-electron chi connectivity index (χ1n) is 5.56. The van der Waals surface area contributed by atoms with Gasteiger partial charge in [-0.1, -0.05) is 13.8 Å². The highest BCUT2D eigenvalue weighted by atomic mass is 32.1. The van der Waals surface area contributed by atoms with Crippen molar-refractivity contribution in [1.82, 2.24) is 5.32 Å². The summed E-state index contributed by atoms with van der Waals surface area (Å²) in [6.07, 6.45) is 0.969. The van der Waals surface area contributed by atoms with Crippen LogP contribution in [0.1, 0.15) is 34.0 Å². The molecule has 1 atom stereocenters. The molecular formula is C12H19NO2S. The molecule has 1 amide bonds. The van der Waals surface area contributed by atoms with E-state index in [1.165, 1.54) is 10.4 Å². The number of hydrogen-bond acceptors (Lipinski definition) is 3.